The van der Waals surface area contributed by atoms with Crippen LogP contribution in [-0.2, 0) is 4.79 Å². The van der Waals surface area contributed by atoms with Crippen molar-refractivity contribution < 1.29 is 4.79 Å². The number of Topliss-reactive ketones (excluding diaryl/α,β-unsaturated/α-hetero) is 1. The highest BCUT2D eigenvalue weighted by atomic mass is 16.1. The minimum Gasteiger partial charge on any atom is -0.300 e. The Morgan fingerprint density at radius 3 is 2.57 bits per heavy atom. The summed E-state index contributed by atoms with van der Waals surface area (Å²) in [5.74, 6) is -0.149. The molecule has 0 aliphatic heterocycles. The lowest BCUT2D eigenvalue weighted by molar-refractivity contribution is -0.118. The first-order chi connectivity index (χ1) is 6.77. The van der Waals surface area contributed by atoms with Crippen molar-refractivity contribution in [2.45, 2.75) is 25.7 Å². The molecule has 0 heterocycles. The summed E-state index contributed by atoms with van der Waals surface area (Å²) < 4.78 is 0. The summed E-state index contributed by atoms with van der Waals surface area (Å²) in [5.41, 5.74) is 0.928. The number of hydrogen-bond acceptors (Lipinski definition) is 2. The zero-order valence-electron chi connectivity index (χ0n) is 8.23. The van der Waals surface area contributed by atoms with Crippen LogP contribution in [0.15, 0.2) is 30.3 Å². The second kappa shape index (κ2) is 5.18. The second-order valence-corrected chi connectivity index (χ2v) is 3.19. The van der Waals surface area contributed by atoms with Crippen LogP contribution in [0.1, 0.15) is 31.2 Å². The van der Waals surface area contributed by atoms with Gasteiger partial charge >= 0.3 is 0 Å². The van der Waals surface area contributed by atoms with Crippen molar-refractivity contribution in [1.82, 2.24) is 0 Å². The molecule has 14 heavy (non-hydrogen) atoms. The van der Waals surface area contributed by atoms with Crippen LogP contribution in [0.2, 0.25) is 0 Å². The van der Waals surface area contributed by atoms with Crippen molar-refractivity contribution in [1.29, 1.82) is 5.26 Å². The van der Waals surface area contributed by atoms with Gasteiger partial charge in [-0.05, 0) is 5.56 Å². The molecule has 0 saturated carbocycles. The molecule has 1 unspecified atom stereocenters. The van der Waals surface area contributed by atoms with Gasteiger partial charge in [-0.25, -0.2) is 0 Å². The largest absolute Gasteiger partial charge is 0.300 e. The van der Waals surface area contributed by atoms with Crippen LogP contribution in [0.3, 0.4) is 0 Å². The molecule has 0 aromatic heterocycles. The van der Waals surface area contributed by atoms with E-state index in [2.05, 4.69) is 6.07 Å². The molecular weight excluding hydrogens is 174 g/mol. The summed E-state index contributed by atoms with van der Waals surface area (Å²) >= 11 is 0. The Balaban J connectivity index is 2.74. The quantitative estimate of drug-likeness (QED) is 0.727. The average Bonchev–Trinajstić information content (AvgIpc) is 2.26. The predicted molar refractivity (Wildman–Crippen MR) is 54.7 cm³/mol. The molecule has 0 N–H and O–H groups in total. The third-order valence-electron chi connectivity index (χ3n) is 2.18. The zero-order chi connectivity index (χ0) is 10.4. The van der Waals surface area contributed by atoms with Crippen LogP contribution in [0.4, 0.5) is 0 Å². The number of rotatable bonds is 4. The summed E-state index contributed by atoms with van der Waals surface area (Å²) in [4.78, 5) is 11.2. The van der Waals surface area contributed by atoms with E-state index in [4.69, 9.17) is 5.26 Å². The van der Waals surface area contributed by atoms with Crippen LogP contribution in [0.5, 0.6) is 0 Å². The molecule has 0 radical (unpaired) electrons. The van der Waals surface area contributed by atoms with Gasteiger partial charge in [-0.3, -0.25) is 4.79 Å². The number of nitrogens with zero attached hydrogens (tertiary/aromatic N) is 1. The maximum atomic E-state index is 11.2. The molecule has 72 valence electrons. The van der Waals surface area contributed by atoms with Crippen molar-refractivity contribution in [3.05, 3.63) is 35.9 Å². The summed E-state index contributed by atoms with van der Waals surface area (Å²) in [6.45, 7) is 1.82. The Bertz CT molecular complexity index is 337. The van der Waals surface area contributed by atoms with Crippen LogP contribution in [0.25, 0.3) is 0 Å². The average molecular weight is 187 g/mol. The molecule has 0 aliphatic carbocycles. The van der Waals surface area contributed by atoms with Gasteiger partial charge in [0.25, 0.3) is 0 Å². The minimum absolute atomic E-state index is 0.139. The fourth-order valence-electron chi connectivity index (χ4n) is 1.30. The number of carbonyl (C=O) groups excluding carboxylic acids is 1. The second-order valence-electron chi connectivity index (χ2n) is 3.19. The van der Waals surface area contributed by atoms with Crippen molar-refractivity contribution in [3.8, 4) is 6.07 Å². The maximum absolute atomic E-state index is 11.2. The van der Waals surface area contributed by atoms with Gasteiger partial charge in [-0.1, -0.05) is 37.3 Å². The number of benzene rings is 1. The molecule has 1 atom stereocenters. The highest BCUT2D eigenvalue weighted by molar-refractivity contribution is 5.79. The van der Waals surface area contributed by atoms with Gasteiger partial charge in [0.05, 0.1) is 12.0 Å². The smallest absolute Gasteiger partial charge is 0.134 e. The Hall–Kier alpha value is -1.62. The van der Waals surface area contributed by atoms with Gasteiger partial charge < -0.3 is 0 Å². The SMILES string of the molecule is CCC(=O)CC(C#N)c1ccccc1. The number of carbonyl (C=O) groups is 1. The molecule has 1 aromatic carbocycles. The van der Waals surface area contributed by atoms with Gasteiger partial charge in [0.2, 0.25) is 0 Å². The molecule has 0 aliphatic rings. The van der Waals surface area contributed by atoms with E-state index in [1.807, 2.05) is 37.3 Å². The predicted octanol–water partition coefficient (Wildman–Crippen LogP) is 2.66. The topological polar surface area (TPSA) is 40.9 Å². The van der Waals surface area contributed by atoms with Crippen molar-refractivity contribution in [2.75, 3.05) is 0 Å². The Morgan fingerprint density at radius 1 is 1.43 bits per heavy atom. The Labute approximate surface area is 84.2 Å². The lowest BCUT2D eigenvalue weighted by atomic mass is 9.94. The standard InChI is InChI=1S/C12H13NO/c1-2-12(14)8-11(9-13)10-6-4-3-5-7-10/h3-7,11H,2,8H2,1H3. The lowest BCUT2D eigenvalue weighted by Crippen LogP contribution is -2.04. The molecule has 2 heteroatoms. The summed E-state index contributed by atoms with van der Waals surface area (Å²) in [7, 11) is 0. The van der Waals surface area contributed by atoms with E-state index in [1.165, 1.54) is 0 Å². The van der Waals surface area contributed by atoms with E-state index in [-0.39, 0.29) is 11.7 Å². The maximum Gasteiger partial charge on any atom is 0.134 e. The van der Waals surface area contributed by atoms with Crippen LogP contribution in [0, 0.1) is 11.3 Å². The van der Waals surface area contributed by atoms with Crippen LogP contribution < -0.4 is 0 Å². The lowest BCUT2D eigenvalue weighted by Gasteiger charge is -2.06. The van der Waals surface area contributed by atoms with Crippen molar-refractivity contribution in [2.24, 2.45) is 0 Å². The normalized spacial score (nSPS) is 11.7. The summed E-state index contributed by atoms with van der Waals surface area (Å²) in [6.07, 6.45) is 0.835. The molecule has 0 saturated heterocycles. The summed E-state index contributed by atoms with van der Waals surface area (Å²) in [6, 6.07) is 11.6. The van der Waals surface area contributed by atoms with E-state index in [0.717, 1.165) is 5.56 Å². The van der Waals surface area contributed by atoms with Gasteiger partial charge in [0.15, 0.2) is 0 Å². The first kappa shape index (κ1) is 10.5. The first-order valence-corrected chi connectivity index (χ1v) is 4.74. The number of hydrogen-bond donors (Lipinski definition) is 0. The van der Waals surface area contributed by atoms with Gasteiger partial charge in [-0.15, -0.1) is 0 Å². The zero-order valence-corrected chi connectivity index (χ0v) is 8.23. The molecular formula is C12H13NO. The fraction of sp³-hybridized carbons (Fsp3) is 0.333. The van der Waals surface area contributed by atoms with E-state index < -0.39 is 0 Å². The summed E-state index contributed by atoms with van der Waals surface area (Å²) in [5, 5.41) is 8.92. The van der Waals surface area contributed by atoms with Crippen molar-refractivity contribution in [3.63, 3.8) is 0 Å². The minimum atomic E-state index is -0.288. The highest BCUT2D eigenvalue weighted by Crippen LogP contribution is 2.19. The van der Waals surface area contributed by atoms with Gasteiger partial charge in [0.1, 0.15) is 5.78 Å². The van der Waals surface area contributed by atoms with E-state index >= 15 is 0 Å². The molecule has 2 nitrogen and oxygen atoms in total. The Morgan fingerprint density at radius 2 is 2.07 bits per heavy atom. The Kier molecular flexibility index (Phi) is 3.87. The van der Waals surface area contributed by atoms with E-state index in [1.54, 1.807) is 0 Å². The van der Waals surface area contributed by atoms with Crippen LogP contribution >= 0.6 is 0 Å². The number of ketones is 1. The van der Waals surface area contributed by atoms with Crippen LogP contribution in [-0.4, -0.2) is 5.78 Å². The molecule has 0 amide bonds. The third-order valence-corrected chi connectivity index (χ3v) is 2.18. The van der Waals surface area contributed by atoms with E-state index in [9.17, 15) is 4.79 Å². The first-order valence-electron chi connectivity index (χ1n) is 4.74. The highest BCUT2D eigenvalue weighted by Gasteiger charge is 2.13. The molecule has 1 aromatic rings. The fourth-order valence-corrected chi connectivity index (χ4v) is 1.30. The van der Waals surface area contributed by atoms with Gasteiger partial charge in [0, 0.05) is 12.8 Å². The van der Waals surface area contributed by atoms with Crippen molar-refractivity contribution >= 4 is 5.78 Å². The van der Waals surface area contributed by atoms with E-state index in [0.29, 0.717) is 12.8 Å². The molecule has 0 spiro atoms. The molecule has 0 fully saturated rings. The third kappa shape index (κ3) is 2.70. The molecule has 0 bridgehead atoms. The monoisotopic (exact) mass is 187 g/mol. The molecule has 1 rings (SSSR count). The number of nitriles is 1. The van der Waals surface area contributed by atoms with Gasteiger partial charge in [-0.2, -0.15) is 5.26 Å².